The molecule has 0 aliphatic carbocycles. The Morgan fingerprint density at radius 1 is 1.00 bits per heavy atom. The molecular weight excluding hydrogens is 481 g/mol. The van der Waals surface area contributed by atoms with Gasteiger partial charge in [0.1, 0.15) is 0 Å². The summed E-state index contributed by atoms with van der Waals surface area (Å²) >= 11 is 12.2. The molecule has 8 nitrogen and oxygen atoms in total. The van der Waals surface area contributed by atoms with E-state index < -0.39 is 5.60 Å². The number of hydrogen-bond acceptors (Lipinski definition) is 6. The summed E-state index contributed by atoms with van der Waals surface area (Å²) in [6.07, 6.45) is 2.73. The smallest absolute Gasteiger partial charge is 0.257 e. The minimum absolute atomic E-state index is 0.00377. The molecule has 34 heavy (non-hydrogen) atoms. The number of aliphatic hydroxyl groups is 1. The number of nitrogens with zero attached hydrogens (tertiary/aromatic N) is 3. The number of carbonyl (C=O) groups is 2. The summed E-state index contributed by atoms with van der Waals surface area (Å²) < 4.78 is 11.3. The first-order valence-corrected chi connectivity index (χ1v) is 12.8. The highest BCUT2D eigenvalue weighted by atomic mass is 35.5. The van der Waals surface area contributed by atoms with Crippen LogP contribution in [0.1, 0.15) is 24.8 Å². The van der Waals surface area contributed by atoms with Crippen molar-refractivity contribution in [1.29, 1.82) is 0 Å². The molecule has 0 radical (unpaired) electrons. The minimum Gasteiger partial charge on any atom is -0.378 e. The van der Waals surface area contributed by atoms with Crippen LogP contribution >= 0.6 is 23.2 Å². The number of fused-ring (bicyclic) bond motifs is 1. The molecule has 4 heterocycles. The van der Waals surface area contributed by atoms with E-state index >= 15 is 0 Å². The average molecular weight is 512 g/mol. The first-order chi connectivity index (χ1) is 16.4. The molecule has 0 bridgehead atoms. The molecule has 4 saturated heterocycles. The van der Waals surface area contributed by atoms with Gasteiger partial charge in [0.2, 0.25) is 5.91 Å². The Kier molecular flexibility index (Phi) is 7.08. The minimum atomic E-state index is -1.50. The van der Waals surface area contributed by atoms with Gasteiger partial charge in [-0.1, -0.05) is 29.3 Å². The highest BCUT2D eigenvalue weighted by Gasteiger charge is 2.53. The van der Waals surface area contributed by atoms with Crippen molar-refractivity contribution in [3.8, 4) is 0 Å². The van der Waals surface area contributed by atoms with Crippen molar-refractivity contribution < 1.29 is 24.2 Å². The van der Waals surface area contributed by atoms with Gasteiger partial charge in [-0.05, 0) is 43.6 Å². The summed E-state index contributed by atoms with van der Waals surface area (Å²) in [7, 11) is 0. The Labute approximate surface area is 209 Å². The normalized spacial score (nSPS) is 32.1. The number of ether oxygens (including phenoxy) is 2. The number of likely N-dealkylation sites (tertiary alicyclic amines) is 1. The van der Waals surface area contributed by atoms with Crippen LogP contribution in [-0.4, -0.2) is 108 Å². The second-order valence-corrected chi connectivity index (χ2v) is 10.6. The second-order valence-electron chi connectivity index (χ2n) is 9.75. The molecule has 1 aromatic rings. The third-order valence-corrected chi connectivity index (χ3v) is 8.38. The Morgan fingerprint density at radius 2 is 1.74 bits per heavy atom. The molecule has 4 aliphatic rings. The van der Waals surface area contributed by atoms with Gasteiger partial charge in [-0.3, -0.25) is 14.5 Å². The maximum atomic E-state index is 13.6. The number of hydrogen-bond donors (Lipinski definition) is 1. The molecule has 1 aromatic carbocycles. The van der Waals surface area contributed by atoms with E-state index in [1.54, 1.807) is 17.0 Å². The predicted molar refractivity (Wildman–Crippen MR) is 127 cm³/mol. The standard InChI is InChI=1S/C24H31Cl2N3O5/c25-17-4-3-16(11-18(17)26)12-21(30)29-9-8-28(23(31)24(32)5-10-33-15-24)20-14-34-13-19(22(20)29)27-6-1-2-7-27/h3-4,11,19-20,22,32H,1-2,5-10,12-15H2/t19?,20-,22-,24?/m1/s1. The van der Waals surface area contributed by atoms with Crippen LogP contribution in [0.3, 0.4) is 0 Å². The van der Waals surface area contributed by atoms with Crippen LogP contribution in [0.5, 0.6) is 0 Å². The van der Waals surface area contributed by atoms with E-state index in [-0.39, 0.29) is 49.4 Å². The van der Waals surface area contributed by atoms with E-state index in [9.17, 15) is 14.7 Å². The van der Waals surface area contributed by atoms with Crippen molar-refractivity contribution in [2.75, 3.05) is 52.6 Å². The van der Waals surface area contributed by atoms with Crippen LogP contribution in [-0.2, 0) is 25.5 Å². The number of amides is 2. The molecule has 4 atom stereocenters. The predicted octanol–water partition coefficient (Wildman–Crippen LogP) is 1.59. The molecule has 2 unspecified atom stereocenters. The third kappa shape index (κ3) is 4.56. The molecule has 186 valence electrons. The summed E-state index contributed by atoms with van der Waals surface area (Å²) in [5.41, 5.74) is -0.700. The second kappa shape index (κ2) is 9.91. The number of rotatable bonds is 4. The topological polar surface area (TPSA) is 82.6 Å². The molecule has 0 saturated carbocycles. The van der Waals surface area contributed by atoms with Crippen molar-refractivity contribution in [3.63, 3.8) is 0 Å². The van der Waals surface area contributed by atoms with E-state index in [0.717, 1.165) is 31.5 Å². The van der Waals surface area contributed by atoms with E-state index in [4.69, 9.17) is 32.7 Å². The van der Waals surface area contributed by atoms with Gasteiger partial charge in [0, 0.05) is 19.5 Å². The Hall–Kier alpha value is -1.42. The van der Waals surface area contributed by atoms with Gasteiger partial charge in [-0.2, -0.15) is 0 Å². The molecule has 4 aliphatic heterocycles. The van der Waals surface area contributed by atoms with Crippen molar-refractivity contribution in [1.82, 2.24) is 14.7 Å². The van der Waals surface area contributed by atoms with E-state index in [1.165, 1.54) is 0 Å². The summed E-state index contributed by atoms with van der Waals surface area (Å²) in [5.74, 6) is -0.322. The van der Waals surface area contributed by atoms with Crippen LogP contribution in [0.15, 0.2) is 18.2 Å². The summed E-state index contributed by atoms with van der Waals surface area (Å²) in [5, 5.41) is 11.8. The third-order valence-electron chi connectivity index (χ3n) is 7.64. The Morgan fingerprint density at radius 3 is 2.44 bits per heavy atom. The van der Waals surface area contributed by atoms with Gasteiger partial charge in [-0.25, -0.2) is 0 Å². The molecule has 2 amide bonds. The lowest BCUT2D eigenvalue weighted by atomic mass is 9.89. The lowest BCUT2D eigenvalue weighted by Gasteiger charge is -2.54. The van der Waals surface area contributed by atoms with Crippen molar-refractivity contribution >= 4 is 35.0 Å². The van der Waals surface area contributed by atoms with Crippen molar-refractivity contribution in [3.05, 3.63) is 33.8 Å². The molecular formula is C24H31Cl2N3O5. The largest absolute Gasteiger partial charge is 0.378 e. The van der Waals surface area contributed by atoms with Gasteiger partial charge >= 0.3 is 0 Å². The lowest BCUT2D eigenvalue weighted by molar-refractivity contribution is -0.174. The molecule has 4 fully saturated rings. The molecule has 5 rings (SSSR count). The van der Waals surface area contributed by atoms with Gasteiger partial charge < -0.3 is 24.4 Å². The van der Waals surface area contributed by atoms with Crippen molar-refractivity contribution in [2.24, 2.45) is 0 Å². The fraction of sp³-hybridized carbons (Fsp3) is 0.667. The fourth-order valence-corrected chi connectivity index (χ4v) is 6.16. The quantitative estimate of drug-likeness (QED) is 0.660. The zero-order valence-corrected chi connectivity index (χ0v) is 20.6. The van der Waals surface area contributed by atoms with Crippen LogP contribution in [0.4, 0.5) is 0 Å². The number of halogens is 2. The SMILES string of the molecule is O=C(Cc1ccc(Cl)c(Cl)c1)N1CCN(C(=O)C2(O)CCOC2)[C@@H]2COCC(N3CCCC3)[C@H]21. The summed E-state index contributed by atoms with van der Waals surface area (Å²) in [6, 6.07) is 4.74. The zero-order chi connectivity index (χ0) is 23.9. The van der Waals surface area contributed by atoms with E-state index in [0.29, 0.717) is 43.0 Å². The maximum absolute atomic E-state index is 13.6. The number of benzene rings is 1. The molecule has 1 N–H and O–H groups in total. The molecule has 10 heteroatoms. The highest BCUT2D eigenvalue weighted by Crippen LogP contribution is 2.33. The number of piperazine rings is 1. The fourth-order valence-electron chi connectivity index (χ4n) is 5.84. The lowest BCUT2D eigenvalue weighted by Crippen LogP contribution is -2.73. The Bertz CT molecular complexity index is 935. The maximum Gasteiger partial charge on any atom is 0.257 e. The highest BCUT2D eigenvalue weighted by molar-refractivity contribution is 6.42. The first-order valence-electron chi connectivity index (χ1n) is 12.0. The molecule has 0 aromatic heterocycles. The summed E-state index contributed by atoms with van der Waals surface area (Å²) in [6.45, 7) is 3.91. The van der Waals surface area contributed by atoms with E-state index in [1.807, 2.05) is 11.0 Å². The van der Waals surface area contributed by atoms with Gasteiger partial charge in [-0.15, -0.1) is 0 Å². The molecule has 0 spiro atoms. The zero-order valence-electron chi connectivity index (χ0n) is 19.1. The first kappa shape index (κ1) is 24.3. The monoisotopic (exact) mass is 511 g/mol. The average Bonchev–Trinajstić information content (AvgIpc) is 3.53. The van der Waals surface area contributed by atoms with Crippen LogP contribution < -0.4 is 0 Å². The summed E-state index contributed by atoms with van der Waals surface area (Å²) in [4.78, 5) is 33.1. The van der Waals surface area contributed by atoms with Crippen LogP contribution in [0, 0.1) is 0 Å². The van der Waals surface area contributed by atoms with Gasteiger partial charge in [0.15, 0.2) is 5.60 Å². The van der Waals surface area contributed by atoms with Crippen LogP contribution in [0.25, 0.3) is 0 Å². The van der Waals surface area contributed by atoms with Crippen LogP contribution in [0.2, 0.25) is 10.0 Å². The van der Waals surface area contributed by atoms with E-state index in [2.05, 4.69) is 4.90 Å². The number of carbonyl (C=O) groups excluding carboxylic acids is 2. The van der Waals surface area contributed by atoms with Crippen molar-refractivity contribution in [2.45, 2.75) is 49.4 Å². The van der Waals surface area contributed by atoms with Gasteiger partial charge in [0.25, 0.3) is 5.91 Å². The van der Waals surface area contributed by atoms with Gasteiger partial charge in [0.05, 0.1) is 61.0 Å². The Balaban J connectivity index is 1.41.